The number of ether oxygens (including phenoxy) is 1. The van der Waals surface area contributed by atoms with Gasteiger partial charge in [0.2, 0.25) is 0 Å². The SMILES string of the molecule is CCC1(NCC(O)COc2ccccc2)CCC1. The van der Waals surface area contributed by atoms with E-state index in [1.807, 2.05) is 30.3 Å². The molecule has 0 aromatic heterocycles. The minimum atomic E-state index is -0.450. The van der Waals surface area contributed by atoms with Crippen molar-refractivity contribution in [1.29, 1.82) is 0 Å². The summed E-state index contributed by atoms with van der Waals surface area (Å²) in [5.74, 6) is 0.811. The van der Waals surface area contributed by atoms with Crippen LogP contribution in [0.4, 0.5) is 0 Å². The summed E-state index contributed by atoms with van der Waals surface area (Å²) in [7, 11) is 0. The molecular formula is C15H23NO2. The number of benzene rings is 1. The van der Waals surface area contributed by atoms with Crippen LogP contribution >= 0.6 is 0 Å². The molecule has 0 spiro atoms. The highest BCUT2D eigenvalue weighted by molar-refractivity contribution is 5.20. The van der Waals surface area contributed by atoms with Gasteiger partial charge in [0.25, 0.3) is 0 Å². The second kappa shape index (κ2) is 6.21. The van der Waals surface area contributed by atoms with Gasteiger partial charge in [-0.3, -0.25) is 0 Å². The maximum absolute atomic E-state index is 9.90. The van der Waals surface area contributed by atoms with Crippen LogP contribution in [0.3, 0.4) is 0 Å². The van der Waals surface area contributed by atoms with E-state index in [0.717, 1.165) is 12.2 Å². The summed E-state index contributed by atoms with van der Waals surface area (Å²) in [4.78, 5) is 0. The third-order valence-corrected chi connectivity index (χ3v) is 3.89. The van der Waals surface area contributed by atoms with Gasteiger partial charge in [-0.25, -0.2) is 0 Å². The first-order valence-electron chi connectivity index (χ1n) is 6.85. The van der Waals surface area contributed by atoms with E-state index in [4.69, 9.17) is 4.74 Å². The van der Waals surface area contributed by atoms with Crippen LogP contribution in [0.5, 0.6) is 5.75 Å². The Labute approximate surface area is 109 Å². The fourth-order valence-corrected chi connectivity index (χ4v) is 2.36. The number of hydrogen-bond acceptors (Lipinski definition) is 3. The lowest BCUT2D eigenvalue weighted by atomic mass is 9.75. The second-order valence-electron chi connectivity index (χ2n) is 5.15. The molecule has 0 aliphatic heterocycles. The molecule has 18 heavy (non-hydrogen) atoms. The van der Waals surface area contributed by atoms with E-state index in [-0.39, 0.29) is 5.54 Å². The zero-order valence-corrected chi connectivity index (χ0v) is 11.1. The summed E-state index contributed by atoms with van der Waals surface area (Å²) in [5, 5.41) is 13.4. The standard InChI is InChI=1S/C15H23NO2/c1-2-15(9-6-10-15)16-11-13(17)12-18-14-7-4-3-5-8-14/h3-5,7-8,13,16-17H,2,6,9-12H2,1H3. The zero-order chi connectivity index (χ0) is 12.8. The molecule has 1 aliphatic rings. The van der Waals surface area contributed by atoms with Crippen molar-refractivity contribution >= 4 is 0 Å². The molecule has 2 N–H and O–H groups in total. The van der Waals surface area contributed by atoms with E-state index in [1.165, 1.54) is 19.3 Å². The van der Waals surface area contributed by atoms with E-state index in [0.29, 0.717) is 13.2 Å². The van der Waals surface area contributed by atoms with Crippen molar-refractivity contribution in [2.24, 2.45) is 0 Å². The van der Waals surface area contributed by atoms with Crippen LogP contribution in [0.15, 0.2) is 30.3 Å². The van der Waals surface area contributed by atoms with Gasteiger partial charge in [-0.15, -0.1) is 0 Å². The monoisotopic (exact) mass is 249 g/mol. The van der Waals surface area contributed by atoms with Crippen molar-refractivity contribution in [1.82, 2.24) is 5.32 Å². The van der Waals surface area contributed by atoms with Crippen LogP contribution in [-0.2, 0) is 0 Å². The van der Waals surface area contributed by atoms with E-state index >= 15 is 0 Å². The van der Waals surface area contributed by atoms with Gasteiger partial charge in [0.05, 0.1) is 0 Å². The quantitative estimate of drug-likeness (QED) is 0.779. The van der Waals surface area contributed by atoms with Crippen molar-refractivity contribution in [2.45, 2.75) is 44.2 Å². The predicted octanol–water partition coefficient (Wildman–Crippen LogP) is 2.35. The van der Waals surface area contributed by atoms with E-state index < -0.39 is 6.10 Å². The number of para-hydroxylation sites is 1. The maximum atomic E-state index is 9.90. The largest absolute Gasteiger partial charge is 0.491 e. The molecule has 0 saturated heterocycles. The summed E-state index contributed by atoms with van der Waals surface area (Å²) in [6.45, 7) is 3.16. The molecule has 0 bridgehead atoms. The number of hydrogen-bond donors (Lipinski definition) is 2. The van der Waals surface area contributed by atoms with Gasteiger partial charge in [0.15, 0.2) is 0 Å². The van der Waals surface area contributed by atoms with Gasteiger partial charge in [-0.05, 0) is 37.8 Å². The number of aliphatic hydroxyl groups is 1. The molecule has 0 heterocycles. The van der Waals surface area contributed by atoms with Crippen LogP contribution in [0, 0.1) is 0 Å². The Bertz CT molecular complexity index is 343. The molecule has 100 valence electrons. The molecule has 1 saturated carbocycles. The van der Waals surface area contributed by atoms with Crippen LogP contribution in [0.1, 0.15) is 32.6 Å². The summed E-state index contributed by atoms with van der Waals surface area (Å²) < 4.78 is 5.53. The Morgan fingerprint density at radius 3 is 2.61 bits per heavy atom. The summed E-state index contributed by atoms with van der Waals surface area (Å²) in [6.07, 6.45) is 4.46. The smallest absolute Gasteiger partial charge is 0.119 e. The summed E-state index contributed by atoms with van der Waals surface area (Å²) >= 11 is 0. The van der Waals surface area contributed by atoms with E-state index in [1.54, 1.807) is 0 Å². The Morgan fingerprint density at radius 2 is 2.06 bits per heavy atom. The van der Waals surface area contributed by atoms with Crippen LogP contribution < -0.4 is 10.1 Å². The molecule has 3 heteroatoms. The van der Waals surface area contributed by atoms with Gasteiger partial charge < -0.3 is 15.2 Å². The van der Waals surface area contributed by atoms with Crippen molar-refractivity contribution in [2.75, 3.05) is 13.2 Å². The zero-order valence-electron chi connectivity index (χ0n) is 11.1. The third-order valence-electron chi connectivity index (χ3n) is 3.89. The van der Waals surface area contributed by atoms with E-state index in [9.17, 15) is 5.11 Å². The first-order valence-corrected chi connectivity index (χ1v) is 6.85. The second-order valence-corrected chi connectivity index (χ2v) is 5.15. The molecule has 1 unspecified atom stereocenters. The summed E-state index contributed by atoms with van der Waals surface area (Å²) in [5.41, 5.74) is 0.285. The lowest BCUT2D eigenvalue weighted by Gasteiger charge is -2.42. The third kappa shape index (κ3) is 3.47. The average Bonchev–Trinajstić information content (AvgIpc) is 2.37. The van der Waals surface area contributed by atoms with Crippen molar-refractivity contribution in [3.63, 3.8) is 0 Å². The van der Waals surface area contributed by atoms with Crippen LogP contribution in [0.25, 0.3) is 0 Å². The minimum Gasteiger partial charge on any atom is -0.491 e. The Hall–Kier alpha value is -1.06. The normalized spacial score (nSPS) is 19.0. The van der Waals surface area contributed by atoms with E-state index in [2.05, 4.69) is 12.2 Å². The van der Waals surface area contributed by atoms with Crippen LogP contribution in [0.2, 0.25) is 0 Å². The van der Waals surface area contributed by atoms with Crippen LogP contribution in [-0.4, -0.2) is 29.9 Å². The predicted molar refractivity (Wildman–Crippen MR) is 72.8 cm³/mol. The molecule has 0 radical (unpaired) electrons. The van der Waals surface area contributed by atoms with Gasteiger partial charge in [-0.2, -0.15) is 0 Å². The summed E-state index contributed by atoms with van der Waals surface area (Å²) in [6, 6.07) is 9.62. The van der Waals surface area contributed by atoms with Gasteiger partial charge in [0.1, 0.15) is 18.5 Å². The average molecular weight is 249 g/mol. The van der Waals surface area contributed by atoms with Gasteiger partial charge >= 0.3 is 0 Å². The fraction of sp³-hybridized carbons (Fsp3) is 0.600. The highest BCUT2D eigenvalue weighted by Gasteiger charge is 2.34. The van der Waals surface area contributed by atoms with Crippen molar-refractivity contribution in [3.8, 4) is 5.75 Å². The molecule has 1 aromatic rings. The molecule has 2 rings (SSSR count). The Morgan fingerprint density at radius 1 is 1.33 bits per heavy atom. The molecule has 1 fully saturated rings. The molecule has 3 nitrogen and oxygen atoms in total. The van der Waals surface area contributed by atoms with Crippen molar-refractivity contribution < 1.29 is 9.84 Å². The molecule has 1 aliphatic carbocycles. The Kier molecular flexibility index (Phi) is 4.61. The number of rotatable bonds is 7. The first kappa shape index (κ1) is 13.4. The highest BCUT2D eigenvalue weighted by atomic mass is 16.5. The maximum Gasteiger partial charge on any atom is 0.119 e. The number of nitrogens with one attached hydrogen (secondary N) is 1. The van der Waals surface area contributed by atoms with Gasteiger partial charge in [-0.1, -0.05) is 25.1 Å². The highest BCUT2D eigenvalue weighted by Crippen LogP contribution is 2.34. The number of aliphatic hydroxyl groups excluding tert-OH is 1. The van der Waals surface area contributed by atoms with Crippen molar-refractivity contribution in [3.05, 3.63) is 30.3 Å². The fourth-order valence-electron chi connectivity index (χ4n) is 2.36. The molecule has 1 aromatic carbocycles. The minimum absolute atomic E-state index is 0.285. The lowest BCUT2D eigenvalue weighted by Crippen LogP contribution is -2.53. The first-order chi connectivity index (χ1) is 8.74. The number of β-amino-alcohol motifs (C(OH)–C–C–N with tert-alkyl or cyclic N) is 1. The molecular weight excluding hydrogens is 226 g/mol. The Balaban J connectivity index is 1.67. The van der Waals surface area contributed by atoms with Gasteiger partial charge in [0, 0.05) is 12.1 Å². The molecule has 1 atom stereocenters. The lowest BCUT2D eigenvalue weighted by molar-refractivity contribution is 0.0811. The molecule has 0 amide bonds. The topological polar surface area (TPSA) is 41.5 Å².